The second-order valence-electron chi connectivity index (χ2n) is 6.25. The zero-order valence-corrected chi connectivity index (χ0v) is 15.3. The summed E-state index contributed by atoms with van der Waals surface area (Å²) in [5.41, 5.74) is 0.769. The molecular formula is C19H20ClNO3S. The Kier molecular flexibility index (Phi) is 5.45. The molecule has 1 saturated heterocycles. The van der Waals surface area contributed by atoms with Gasteiger partial charge in [-0.25, -0.2) is 8.42 Å². The van der Waals surface area contributed by atoms with Gasteiger partial charge in [0.05, 0.1) is 17.1 Å². The largest absolute Gasteiger partial charge is 0.338 e. The molecule has 1 fully saturated rings. The second kappa shape index (κ2) is 7.58. The minimum Gasteiger partial charge on any atom is -0.338 e. The van der Waals surface area contributed by atoms with E-state index in [1.54, 1.807) is 41.3 Å². The van der Waals surface area contributed by atoms with Crippen molar-refractivity contribution in [2.45, 2.75) is 30.2 Å². The fourth-order valence-corrected chi connectivity index (χ4v) is 5.04. The van der Waals surface area contributed by atoms with Gasteiger partial charge in [-0.3, -0.25) is 4.79 Å². The molecule has 0 spiro atoms. The molecule has 3 rings (SSSR count). The molecule has 1 aliphatic rings. The third-order valence-corrected chi connectivity index (χ3v) is 6.69. The highest BCUT2D eigenvalue weighted by Crippen LogP contribution is 2.24. The standard InChI is InChI=1S/C19H20ClNO3S/c20-18-11-5-4-7-15(18)13-19(22)21-12-6-8-16(21)14-25(23,24)17-9-2-1-3-10-17/h1-5,7,9-11,16H,6,8,12-14H2/t16-/m1/s1. The Morgan fingerprint density at radius 3 is 2.48 bits per heavy atom. The van der Waals surface area contributed by atoms with Gasteiger partial charge in [-0.2, -0.15) is 0 Å². The Bertz CT molecular complexity index is 852. The first-order chi connectivity index (χ1) is 12.0. The van der Waals surface area contributed by atoms with Gasteiger partial charge < -0.3 is 4.90 Å². The van der Waals surface area contributed by atoms with Crippen molar-refractivity contribution in [3.05, 3.63) is 65.2 Å². The van der Waals surface area contributed by atoms with E-state index in [1.807, 2.05) is 18.2 Å². The molecule has 1 heterocycles. The number of likely N-dealkylation sites (tertiary alicyclic amines) is 1. The highest BCUT2D eigenvalue weighted by atomic mass is 35.5. The Hall–Kier alpha value is -1.85. The number of amides is 1. The Morgan fingerprint density at radius 1 is 1.08 bits per heavy atom. The molecule has 2 aromatic carbocycles. The van der Waals surface area contributed by atoms with Crippen LogP contribution in [-0.2, 0) is 21.1 Å². The van der Waals surface area contributed by atoms with Crippen LogP contribution >= 0.6 is 11.6 Å². The van der Waals surface area contributed by atoms with E-state index in [9.17, 15) is 13.2 Å². The molecule has 6 heteroatoms. The Labute approximate surface area is 153 Å². The van der Waals surface area contributed by atoms with Gasteiger partial charge in [-0.15, -0.1) is 0 Å². The third-order valence-electron chi connectivity index (χ3n) is 4.51. The summed E-state index contributed by atoms with van der Waals surface area (Å²) in [5.74, 6) is -0.107. The number of nitrogens with zero attached hydrogens (tertiary/aromatic N) is 1. The molecule has 1 aliphatic heterocycles. The maximum atomic E-state index is 12.7. The van der Waals surface area contributed by atoms with E-state index in [0.717, 1.165) is 12.0 Å². The molecule has 2 aromatic rings. The molecule has 132 valence electrons. The van der Waals surface area contributed by atoms with Gasteiger partial charge in [0.2, 0.25) is 5.91 Å². The molecule has 1 atom stereocenters. The highest BCUT2D eigenvalue weighted by Gasteiger charge is 2.33. The molecule has 0 aromatic heterocycles. The van der Waals surface area contributed by atoms with Crippen molar-refractivity contribution in [3.63, 3.8) is 0 Å². The number of hydrogen-bond donors (Lipinski definition) is 0. The lowest BCUT2D eigenvalue weighted by atomic mass is 10.1. The van der Waals surface area contributed by atoms with E-state index in [4.69, 9.17) is 11.6 Å². The zero-order valence-electron chi connectivity index (χ0n) is 13.8. The average Bonchev–Trinajstić information content (AvgIpc) is 3.05. The lowest BCUT2D eigenvalue weighted by Crippen LogP contribution is -2.40. The van der Waals surface area contributed by atoms with Gasteiger partial charge in [0.25, 0.3) is 0 Å². The monoisotopic (exact) mass is 377 g/mol. The summed E-state index contributed by atoms with van der Waals surface area (Å²) in [6.45, 7) is 0.595. The van der Waals surface area contributed by atoms with Crippen molar-refractivity contribution < 1.29 is 13.2 Å². The summed E-state index contributed by atoms with van der Waals surface area (Å²) in [7, 11) is -3.41. The molecule has 25 heavy (non-hydrogen) atoms. The van der Waals surface area contributed by atoms with Gasteiger partial charge in [-0.1, -0.05) is 48.0 Å². The molecule has 0 unspecified atom stereocenters. The number of halogens is 1. The van der Waals surface area contributed by atoms with Crippen LogP contribution in [-0.4, -0.2) is 37.6 Å². The quantitative estimate of drug-likeness (QED) is 0.802. The lowest BCUT2D eigenvalue weighted by molar-refractivity contribution is -0.130. The van der Waals surface area contributed by atoms with Crippen LogP contribution in [0.2, 0.25) is 5.02 Å². The summed E-state index contributed by atoms with van der Waals surface area (Å²) in [5, 5.41) is 0.559. The van der Waals surface area contributed by atoms with E-state index in [2.05, 4.69) is 0 Å². The maximum Gasteiger partial charge on any atom is 0.227 e. The average molecular weight is 378 g/mol. The fraction of sp³-hybridized carbons (Fsp3) is 0.316. The topological polar surface area (TPSA) is 54.5 Å². The van der Waals surface area contributed by atoms with Crippen molar-refractivity contribution in [2.24, 2.45) is 0 Å². The zero-order chi connectivity index (χ0) is 17.9. The number of rotatable bonds is 5. The Morgan fingerprint density at radius 2 is 1.76 bits per heavy atom. The van der Waals surface area contributed by atoms with Gasteiger partial charge in [-0.05, 0) is 36.6 Å². The van der Waals surface area contributed by atoms with Crippen LogP contribution in [0, 0.1) is 0 Å². The van der Waals surface area contributed by atoms with E-state index < -0.39 is 9.84 Å². The van der Waals surface area contributed by atoms with E-state index in [-0.39, 0.29) is 24.1 Å². The summed E-state index contributed by atoms with van der Waals surface area (Å²) < 4.78 is 25.2. The maximum absolute atomic E-state index is 12.7. The molecule has 0 saturated carbocycles. The first-order valence-electron chi connectivity index (χ1n) is 8.28. The second-order valence-corrected chi connectivity index (χ2v) is 8.69. The number of hydrogen-bond acceptors (Lipinski definition) is 3. The first-order valence-corrected chi connectivity index (χ1v) is 10.3. The van der Waals surface area contributed by atoms with Gasteiger partial charge >= 0.3 is 0 Å². The van der Waals surface area contributed by atoms with Crippen LogP contribution < -0.4 is 0 Å². The first kappa shape index (κ1) is 18.0. The summed E-state index contributed by atoms with van der Waals surface area (Å²) in [6.07, 6.45) is 1.73. The number of carbonyl (C=O) groups is 1. The van der Waals surface area contributed by atoms with Gasteiger partial charge in [0.1, 0.15) is 0 Å². The SMILES string of the molecule is O=C(Cc1ccccc1Cl)N1CCC[C@@H]1CS(=O)(=O)c1ccccc1. The van der Waals surface area contributed by atoms with Crippen LogP contribution in [0.4, 0.5) is 0 Å². The van der Waals surface area contributed by atoms with Crippen LogP contribution in [0.1, 0.15) is 18.4 Å². The van der Waals surface area contributed by atoms with Crippen molar-refractivity contribution in [1.29, 1.82) is 0 Å². The summed E-state index contributed by atoms with van der Waals surface area (Å²) in [6, 6.07) is 15.4. The van der Waals surface area contributed by atoms with Crippen molar-refractivity contribution >= 4 is 27.3 Å². The van der Waals surface area contributed by atoms with Crippen LogP contribution in [0.15, 0.2) is 59.5 Å². The normalized spacial score (nSPS) is 17.6. The van der Waals surface area contributed by atoms with E-state index in [0.29, 0.717) is 22.9 Å². The van der Waals surface area contributed by atoms with Crippen LogP contribution in [0.3, 0.4) is 0 Å². The highest BCUT2D eigenvalue weighted by molar-refractivity contribution is 7.91. The van der Waals surface area contributed by atoms with Crippen LogP contribution in [0.25, 0.3) is 0 Å². The lowest BCUT2D eigenvalue weighted by Gasteiger charge is -2.25. The molecule has 1 amide bonds. The molecule has 0 aliphatic carbocycles. The summed E-state index contributed by atoms with van der Waals surface area (Å²) >= 11 is 6.13. The molecule has 4 nitrogen and oxygen atoms in total. The van der Waals surface area contributed by atoms with E-state index >= 15 is 0 Å². The number of benzene rings is 2. The van der Waals surface area contributed by atoms with E-state index in [1.165, 1.54) is 0 Å². The minimum absolute atomic E-state index is 0.0364. The fourth-order valence-electron chi connectivity index (χ4n) is 3.22. The third kappa shape index (κ3) is 4.22. The smallest absolute Gasteiger partial charge is 0.227 e. The Balaban J connectivity index is 1.72. The van der Waals surface area contributed by atoms with Crippen molar-refractivity contribution in [2.75, 3.05) is 12.3 Å². The van der Waals surface area contributed by atoms with Crippen molar-refractivity contribution in [3.8, 4) is 0 Å². The number of carbonyl (C=O) groups excluding carboxylic acids is 1. The van der Waals surface area contributed by atoms with Crippen LogP contribution in [0.5, 0.6) is 0 Å². The predicted octanol–water partition coefficient (Wildman–Crippen LogP) is 3.35. The van der Waals surface area contributed by atoms with Gasteiger partial charge in [0.15, 0.2) is 9.84 Å². The molecule has 0 N–H and O–H groups in total. The predicted molar refractivity (Wildman–Crippen MR) is 98.4 cm³/mol. The van der Waals surface area contributed by atoms with Crippen molar-refractivity contribution in [1.82, 2.24) is 4.90 Å². The molecular weight excluding hydrogens is 358 g/mol. The molecule has 0 radical (unpaired) electrons. The number of sulfone groups is 1. The minimum atomic E-state index is -3.41. The molecule has 0 bridgehead atoms. The van der Waals surface area contributed by atoms with Gasteiger partial charge in [0, 0.05) is 17.6 Å². The summed E-state index contributed by atoms with van der Waals surface area (Å²) in [4.78, 5) is 14.7.